The van der Waals surface area contributed by atoms with Crippen LogP contribution in [0.25, 0.3) is 22.8 Å². The van der Waals surface area contributed by atoms with E-state index in [2.05, 4.69) is 10.1 Å². The lowest BCUT2D eigenvalue weighted by molar-refractivity contribution is 0.415. The lowest BCUT2D eigenvalue weighted by atomic mass is 10.1. The van der Waals surface area contributed by atoms with Crippen molar-refractivity contribution in [3.8, 4) is 28.6 Å². The molecule has 0 saturated carbocycles. The standard InChI is InChI=1S/C24H23N3O4S/c1-4-27(20-12-14-21(30-3)15-13-20)32(28,29)22-7-5-6-19(16-22)24-25-23(26-31-24)18-10-8-17(2)9-11-18/h5-16H,4H2,1-3H3. The summed E-state index contributed by atoms with van der Waals surface area (Å²) in [6.45, 7) is 4.07. The van der Waals surface area contributed by atoms with E-state index in [4.69, 9.17) is 9.26 Å². The summed E-state index contributed by atoms with van der Waals surface area (Å²) in [5.74, 6) is 1.36. The van der Waals surface area contributed by atoms with E-state index in [-0.39, 0.29) is 17.3 Å². The molecular formula is C24H23N3O4S. The molecule has 0 spiro atoms. The summed E-state index contributed by atoms with van der Waals surface area (Å²) in [4.78, 5) is 4.59. The van der Waals surface area contributed by atoms with Crippen molar-refractivity contribution in [2.45, 2.75) is 18.7 Å². The first-order valence-electron chi connectivity index (χ1n) is 10.1. The smallest absolute Gasteiger partial charge is 0.264 e. The third-order valence-electron chi connectivity index (χ3n) is 5.05. The molecule has 0 unspecified atom stereocenters. The van der Waals surface area contributed by atoms with Crippen molar-refractivity contribution in [3.05, 3.63) is 78.4 Å². The maximum Gasteiger partial charge on any atom is 0.264 e. The largest absolute Gasteiger partial charge is 0.497 e. The van der Waals surface area contributed by atoms with Crippen LogP contribution in [0.5, 0.6) is 5.75 Å². The van der Waals surface area contributed by atoms with Crippen molar-refractivity contribution in [2.75, 3.05) is 18.0 Å². The van der Waals surface area contributed by atoms with Gasteiger partial charge in [0.15, 0.2) is 0 Å². The number of hydrogen-bond acceptors (Lipinski definition) is 6. The molecule has 0 bridgehead atoms. The minimum atomic E-state index is -3.80. The SMILES string of the molecule is CCN(c1ccc(OC)cc1)S(=O)(=O)c1cccc(-c2nc(-c3ccc(C)cc3)no2)c1. The topological polar surface area (TPSA) is 85.5 Å². The van der Waals surface area contributed by atoms with E-state index in [1.165, 1.54) is 4.31 Å². The molecule has 0 aliphatic rings. The lowest BCUT2D eigenvalue weighted by Crippen LogP contribution is -2.30. The normalized spacial score (nSPS) is 11.3. The van der Waals surface area contributed by atoms with Crippen molar-refractivity contribution in [3.63, 3.8) is 0 Å². The van der Waals surface area contributed by atoms with Gasteiger partial charge in [-0.25, -0.2) is 8.42 Å². The van der Waals surface area contributed by atoms with E-state index in [0.717, 1.165) is 11.1 Å². The molecule has 0 atom stereocenters. The van der Waals surface area contributed by atoms with Gasteiger partial charge in [-0.2, -0.15) is 4.98 Å². The Morgan fingerprint density at radius 1 is 0.969 bits per heavy atom. The summed E-state index contributed by atoms with van der Waals surface area (Å²) in [5, 5.41) is 4.04. The zero-order valence-electron chi connectivity index (χ0n) is 18.0. The molecule has 0 aliphatic carbocycles. The summed E-state index contributed by atoms with van der Waals surface area (Å²) in [6.07, 6.45) is 0. The quantitative estimate of drug-likeness (QED) is 0.397. The Morgan fingerprint density at radius 3 is 2.34 bits per heavy atom. The maximum absolute atomic E-state index is 13.4. The number of aryl methyl sites for hydroxylation is 1. The van der Waals surface area contributed by atoms with Crippen LogP contribution in [0.4, 0.5) is 5.69 Å². The van der Waals surface area contributed by atoms with Crippen LogP contribution in [0.2, 0.25) is 0 Å². The summed E-state index contributed by atoms with van der Waals surface area (Å²) < 4.78 is 38.7. The van der Waals surface area contributed by atoms with Crippen LogP contribution in [-0.2, 0) is 10.0 Å². The zero-order chi connectivity index (χ0) is 22.7. The number of hydrogen-bond donors (Lipinski definition) is 0. The fourth-order valence-corrected chi connectivity index (χ4v) is 4.84. The molecule has 4 rings (SSSR count). The van der Waals surface area contributed by atoms with E-state index in [0.29, 0.717) is 22.8 Å². The first-order chi connectivity index (χ1) is 15.4. The highest BCUT2D eigenvalue weighted by molar-refractivity contribution is 7.92. The second-order valence-electron chi connectivity index (χ2n) is 7.18. The second kappa shape index (κ2) is 8.84. The minimum absolute atomic E-state index is 0.141. The number of ether oxygens (including phenoxy) is 1. The van der Waals surface area contributed by atoms with Gasteiger partial charge in [0, 0.05) is 17.7 Å². The second-order valence-corrected chi connectivity index (χ2v) is 9.05. The first kappa shape index (κ1) is 21.6. The third-order valence-corrected chi connectivity index (χ3v) is 6.95. The lowest BCUT2D eigenvalue weighted by Gasteiger charge is -2.23. The molecule has 0 fully saturated rings. The van der Waals surface area contributed by atoms with Gasteiger partial charge in [0.25, 0.3) is 15.9 Å². The highest BCUT2D eigenvalue weighted by Gasteiger charge is 2.24. The molecule has 1 heterocycles. The van der Waals surface area contributed by atoms with E-state index in [9.17, 15) is 8.42 Å². The Hall–Kier alpha value is -3.65. The molecule has 7 nitrogen and oxygen atoms in total. The van der Waals surface area contributed by atoms with E-state index >= 15 is 0 Å². The molecule has 0 radical (unpaired) electrons. The van der Waals surface area contributed by atoms with E-state index in [1.54, 1.807) is 62.6 Å². The van der Waals surface area contributed by atoms with Crippen LogP contribution in [0.1, 0.15) is 12.5 Å². The molecule has 0 aliphatic heterocycles. The van der Waals surface area contributed by atoms with Gasteiger partial charge in [-0.3, -0.25) is 4.31 Å². The van der Waals surface area contributed by atoms with Gasteiger partial charge in [-0.15, -0.1) is 0 Å². The highest BCUT2D eigenvalue weighted by atomic mass is 32.2. The van der Waals surface area contributed by atoms with Crippen LogP contribution in [0.15, 0.2) is 82.2 Å². The Morgan fingerprint density at radius 2 is 1.69 bits per heavy atom. The van der Waals surface area contributed by atoms with E-state index in [1.807, 2.05) is 31.2 Å². The fourth-order valence-electron chi connectivity index (χ4n) is 3.32. The predicted molar refractivity (Wildman–Crippen MR) is 123 cm³/mol. The van der Waals surface area contributed by atoms with Crippen molar-refractivity contribution in [2.24, 2.45) is 0 Å². The van der Waals surface area contributed by atoms with Gasteiger partial charge in [0.05, 0.1) is 17.7 Å². The van der Waals surface area contributed by atoms with Gasteiger partial charge >= 0.3 is 0 Å². The van der Waals surface area contributed by atoms with Crippen LogP contribution in [0, 0.1) is 6.92 Å². The average Bonchev–Trinajstić information content (AvgIpc) is 3.31. The maximum atomic E-state index is 13.4. The number of benzene rings is 3. The number of sulfonamides is 1. The number of nitrogens with zero attached hydrogens (tertiary/aromatic N) is 3. The number of aromatic nitrogens is 2. The average molecular weight is 450 g/mol. The summed E-state index contributed by atoms with van der Waals surface area (Å²) in [7, 11) is -2.24. The van der Waals surface area contributed by atoms with Crippen molar-refractivity contribution in [1.82, 2.24) is 10.1 Å². The number of rotatable bonds is 7. The Kier molecular flexibility index (Phi) is 5.96. The van der Waals surface area contributed by atoms with Crippen molar-refractivity contribution in [1.29, 1.82) is 0 Å². The van der Waals surface area contributed by atoms with Crippen molar-refractivity contribution < 1.29 is 17.7 Å². The number of anilines is 1. The van der Waals surface area contributed by atoms with Crippen LogP contribution < -0.4 is 9.04 Å². The zero-order valence-corrected chi connectivity index (χ0v) is 18.8. The highest BCUT2D eigenvalue weighted by Crippen LogP contribution is 2.29. The molecule has 1 aromatic heterocycles. The Labute approximate surface area is 187 Å². The van der Waals surface area contributed by atoms with Gasteiger partial charge in [-0.1, -0.05) is 41.1 Å². The molecule has 0 N–H and O–H groups in total. The van der Waals surface area contributed by atoms with Gasteiger partial charge in [0.1, 0.15) is 5.75 Å². The van der Waals surface area contributed by atoms with Crippen LogP contribution >= 0.6 is 0 Å². The fraction of sp³-hybridized carbons (Fsp3) is 0.167. The predicted octanol–water partition coefficient (Wildman–Crippen LogP) is 4.94. The van der Waals surface area contributed by atoms with Gasteiger partial charge in [-0.05, 0) is 56.3 Å². The van der Waals surface area contributed by atoms with E-state index < -0.39 is 10.0 Å². The third kappa shape index (κ3) is 4.22. The van der Waals surface area contributed by atoms with Gasteiger partial charge < -0.3 is 9.26 Å². The summed E-state index contributed by atoms with van der Waals surface area (Å²) in [6, 6.07) is 21.2. The molecule has 0 amide bonds. The molecule has 3 aromatic carbocycles. The Balaban J connectivity index is 1.66. The number of methoxy groups -OCH3 is 1. The minimum Gasteiger partial charge on any atom is -0.497 e. The first-order valence-corrected chi connectivity index (χ1v) is 11.5. The molecule has 8 heteroatoms. The monoisotopic (exact) mass is 449 g/mol. The van der Waals surface area contributed by atoms with Crippen LogP contribution in [-0.4, -0.2) is 32.2 Å². The molecule has 4 aromatic rings. The molecule has 32 heavy (non-hydrogen) atoms. The van der Waals surface area contributed by atoms with Crippen molar-refractivity contribution >= 4 is 15.7 Å². The summed E-state index contributed by atoms with van der Waals surface area (Å²) in [5.41, 5.74) is 3.04. The van der Waals surface area contributed by atoms with Gasteiger partial charge in [0.2, 0.25) is 5.82 Å². The molecule has 164 valence electrons. The van der Waals surface area contributed by atoms with Crippen LogP contribution in [0.3, 0.4) is 0 Å². The molecule has 0 saturated heterocycles. The summed E-state index contributed by atoms with van der Waals surface area (Å²) >= 11 is 0. The molecular weight excluding hydrogens is 426 g/mol. The Bertz CT molecular complexity index is 1310.